The van der Waals surface area contributed by atoms with Crippen LogP contribution in [0, 0.1) is 5.92 Å². The molecule has 1 aromatic carbocycles. The summed E-state index contributed by atoms with van der Waals surface area (Å²) in [6.45, 7) is 5.75. The molecule has 8 heteroatoms. The predicted octanol–water partition coefficient (Wildman–Crippen LogP) is 2.88. The molecule has 1 amide bonds. The highest BCUT2D eigenvalue weighted by molar-refractivity contribution is 14.0. The zero-order chi connectivity index (χ0) is 21.1. The molecule has 30 heavy (non-hydrogen) atoms. The zero-order valence-corrected chi connectivity index (χ0v) is 20.5. The third-order valence-corrected chi connectivity index (χ3v) is 5.12. The fourth-order valence-corrected chi connectivity index (χ4v) is 3.56. The van der Waals surface area contributed by atoms with E-state index in [1.165, 1.54) is 0 Å². The number of benzene rings is 1. The molecule has 168 valence electrons. The number of rotatable bonds is 8. The van der Waals surface area contributed by atoms with Crippen molar-refractivity contribution in [1.29, 1.82) is 0 Å². The molecule has 0 heterocycles. The van der Waals surface area contributed by atoms with Gasteiger partial charge in [-0.1, -0.05) is 12.1 Å². The van der Waals surface area contributed by atoms with Crippen LogP contribution in [-0.4, -0.2) is 50.6 Å². The molecular formula is C22H35IN4O3. The lowest BCUT2D eigenvalue weighted by Gasteiger charge is -2.29. The van der Waals surface area contributed by atoms with Crippen LogP contribution < -0.4 is 16.0 Å². The number of guanidine groups is 1. The summed E-state index contributed by atoms with van der Waals surface area (Å²) < 4.78 is 5.14. The Morgan fingerprint density at radius 1 is 1.17 bits per heavy atom. The Morgan fingerprint density at radius 3 is 2.53 bits per heavy atom. The Balaban J connectivity index is 0.00000450. The molecule has 1 aliphatic rings. The lowest BCUT2D eigenvalue weighted by Crippen LogP contribution is -2.45. The van der Waals surface area contributed by atoms with Crippen molar-refractivity contribution in [2.75, 3.05) is 26.7 Å². The largest absolute Gasteiger partial charge is 0.466 e. The van der Waals surface area contributed by atoms with Crippen molar-refractivity contribution < 1.29 is 14.3 Å². The average Bonchev–Trinajstić information content (AvgIpc) is 2.74. The summed E-state index contributed by atoms with van der Waals surface area (Å²) in [5, 5.41) is 9.43. The zero-order valence-electron chi connectivity index (χ0n) is 18.2. The van der Waals surface area contributed by atoms with Crippen LogP contribution in [0.25, 0.3) is 0 Å². The van der Waals surface area contributed by atoms with E-state index in [9.17, 15) is 9.59 Å². The second-order valence-electron chi connectivity index (χ2n) is 7.24. The maximum absolute atomic E-state index is 11.9. The first kappa shape index (κ1) is 26.2. The molecule has 1 aliphatic carbocycles. The molecule has 0 unspecified atom stereocenters. The van der Waals surface area contributed by atoms with Crippen molar-refractivity contribution in [2.24, 2.45) is 10.9 Å². The van der Waals surface area contributed by atoms with Gasteiger partial charge in [-0.25, -0.2) is 0 Å². The smallest absolute Gasteiger partial charge is 0.308 e. The Bertz CT molecular complexity index is 703. The van der Waals surface area contributed by atoms with Crippen LogP contribution >= 0.6 is 24.0 Å². The van der Waals surface area contributed by atoms with E-state index >= 15 is 0 Å². The van der Waals surface area contributed by atoms with Crippen LogP contribution in [0.5, 0.6) is 0 Å². The number of esters is 1. The summed E-state index contributed by atoms with van der Waals surface area (Å²) in [5.41, 5.74) is 1.75. The highest BCUT2D eigenvalue weighted by atomic mass is 127. The van der Waals surface area contributed by atoms with Gasteiger partial charge in [0.1, 0.15) is 0 Å². The standard InChI is InChI=1S/C22H34N4O3.HI/c1-4-24-22(26-19-11-9-17(10-12-19)21(28)29-5-2)25-14-13-16-7-6-8-18(15-16)20(27)23-3;/h6-8,15,17,19H,4-5,9-14H2,1-3H3,(H,23,27)(H2,24,25,26);1H. The van der Waals surface area contributed by atoms with E-state index in [4.69, 9.17) is 4.74 Å². The fraction of sp³-hybridized carbons (Fsp3) is 0.591. The molecule has 3 N–H and O–H groups in total. The lowest BCUT2D eigenvalue weighted by atomic mass is 9.86. The van der Waals surface area contributed by atoms with Crippen LogP contribution in [0.4, 0.5) is 0 Å². The van der Waals surface area contributed by atoms with Gasteiger partial charge in [-0.05, 0) is 63.6 Å². The molecule has 0 spiro atoms. The highest BCUT2D eigenvalue weighted by Gasteiger charge is 2.27. The maximum Gasteiger partial charge on any atom is 0.308 e. The van der Waals surface area contributed by atoms with Gasteiger partial charge >= 0.3 is 5.97 Å². The van der Waals surface area contributed by atoms with Crippen LogP contribution in [0.15, 0.2) is 29.3 Å². The summed E-state index contributed by atoms with van der Waals surface area (Å²) in [7, 11) is 1.63. The number of ether oxygens (including phenoxy) is 1. The minimum Gasteiger partial charge on any atom is -0.466 e. The second kappa shape index (κ2) is 14.2. The Kier molecular flexibility index (Phi) is 12.4. The third-order valence-electron chi connectivity index (χ3n) is 5.12. The Labute approximate surface area is 196 Å². The summed E-state index contributed by atoms with van der Waals surface area (Å²) in [5.74, 6) is 0.684. The average molecular weight is 530 g/mol. The van der Waals surface area contributed by atoms with Gasteiger partial charge in [0.15, 0.2) is 5.96 Å². The van der Waals surface area contributed by atoms with Crippen LogP contribution in [0.1, 0.15) is 55.5 Å². The van der Waals surface area contributed by atoms with E-state index in [0.29, 0.717) is 24.8 Å². The number of nitrogens with zero attached hydrogens (tertiary/aromatic N) is 1. The topological polar surface area (TPSA) is 91.8 Å². The summed E-state index contributed by atoms with van der Waals surface area (Å²) in [6.07, 6.45) is 4.32. The quantitative estimate of drug-likeness (QED) is 0.208. The molecule has 0 aromatic heterocycles. The first-order valence-corrected chi connectivity index (χ1v) is 10.6. The molecular weight excluding hydrogens is 495 g/mol. The molecule has 0 bridgehead atoms. The number of carbonyl (C=O) groups is 2. The number of aliphatic imine (C=N–C) groups is 1. The van der Waals surface area contributed by atoms with E-state index in [1.807, 2.05) is 38.1 Å². The minimum absolute atomic E-state index is 0. The molecule has 1 fully saturated rings. The van der Waals surface area contributed by atoms with E-state index in [-0.39, 0.29) is 41.8 Å². The molecule has 1 aromatic rings. The van der Waals surface area contributed by atoms with Gasteiger partial charge in [-0.15, -0.1) is 24.0 Å². The van der Waals surface area contributed by atoms with E-state index < -0.39 is 0 Å². The van der Waals surface area contributed by atoms with Crippen molar-refractivity contribution in [3.8, 4) is 0 Å². The maximum atomic E-state index is 11.9. The first-order valence-electron chi connectivity index (χ1n) is 10.6. The number of halogens is 1. The highest BCUT2D eigenvalue weighted by Crippen LogP contribution is 2.25. The van der Waals surface area contributed by atoms with Crippen molar-refractivity contribution in [3.63, 3.8) is 0 Å². The molecule has 0 saturated heterocycles. The van der Waals surface area contributed by atoms with Crippen LogP contribution in [0.2, 0.25) is 0 Å². The molecule has 2 rings (SSSR count). The van der Waals surface area contributed by atoms with Crippen LogP contribution in [0.3, 0.4) is 0 Å². The number of amides is 1. The molecule has 0 atom stereocenters. The fourth-order valence-electron chi connectivity index (χ4n) is 3.56. The number of hydrogen-bond donors (Lipinski definition) is 3. The number of hydrogen-bond acceptors (Lipinski definition) is 4. The van der Waals surface area contributed by atoms with Gasteiger partial charge < -0.3 is 20.7 Å². The van der Waals surface area contributed by atoms with Gasteiger partial charge in [0.05, 0.1) is 12.5 Å². The van der Waals surface area contributed by atoms with Gasteiger partial charge in [0, 0.05) is 31.7 Å². The van der Waals surface area contributed by atoms with Crippen molar-refractivity contribution in [1.82, 2.24) is 16.0 Å². The van der Waals surface area contributed by atoms with Crippen molar-refractivity contribution in [3.05, 3.63) is 35.4 Å². The third kappa shape index (κ3) is 8.49. The normalized spacial score (nSPS) is 18.7. The summed E-state index contributed by atoms with van der Waals surface area (Å²) >= 11 is 0. The second-order valence-corrected chi connectivity index (χ2v) is 7.24. The number of nitrogens with one attached hydrogen (secondary N) is 3. The predicted molar refractivity (Wildman–Crippen MR) is 130 cm³/mol. The number of carbonyl (C=O) groups excluding carboxylic acids is 2. The molecule has 1 saturated carbocycles. The van der Waals surface area contributed by atoms with Gasteiger partial charge in [0.25, 0.3) is 5.91 Å². The van der Waals surface area contributed by atoms with E-state index in [1.54, 1.807) is 7.05 Å². The van der Waals surface area contributed by atoms with Gasteiger partial charge in [-0.3, -0.25) is 14.6 Å². The van der Waals surface area contributed by atoms with E-state index in [2.05, 4.69) is 20.9 Å². The van der Waals surface area contributed by atoms with Crippen LogP contribution in [-0.2, 0) is 16.0 Å². The Hall–Kier alpha value is -1.84. The van der Waals surface area contributed by atoms with Gasteiger partial charge in [-0.2, -0.15) is 0 Å². The van der Waals surface area contributed by atoms with Crippen molar-refractivity contribution in [2.45, 2.75) is 52.0 Å². The SMILES string of the molecule is CCNC(=NCCc1cccc(C(=O)NC)c1)NC1CCC(C(=O)OCC)CC1.I. The Morgan fingerprint density at radius 2 is 1.90 bits per heavy atom. The monoisotopic (exact) mass is 530 g/mol. The molecule has 0 radical (unpaired) electrons. The minimum atomic E-state index is -0.0798. The lowest BCUT2D eigenvalue weighted by molar-refractivity contribution is -0.149. The summed E-state index contributed by atoms with van der Waals surface area (Å²) in [4.78, 5) is 28.3. The van der Waals surface area contributed by atoms with Gasteiger partial charge in [0.2, 0.25) is 0 Å². The molecule has 0 aliphatic heterocycles. The van der Waals surface area contributed by atoms with E-state index in [0.717, 1.165) is 50.2 Å². The molecule has 7 nitrogen and oxygen atoms in total. The van der Waals surface area contributed by atoms with Crippen molar-refractivity contribution >= 4 is 41.8 Å². The first-order chi connectivity index (χ1) is 14.1. The summed E-state index contributed by atoms with van der Waals surface area (Å²) in [6, 6.07) is 7.94.